The van der Waals surface area contributed by atoms with Crippen LogP contribution in [-0.4, -0.2) is 37.9 Å². The minimum Gasteiger partial charge on any atom is -0.342 e. The van der Waals surface area contributed by atoms with E-state index in [0.29, 0.717) is 39.7 Å². The van der Waals surface area contributed by atoms with Crippen molar-refractivity contribution >= 4 is 24.3 Å². The minimum atomic E-state index is -0.333. The van der Waals surface area contributed by atoms with Gasteiger partial charge >= 0.3 is 0 Å². The molecule has 3 aromatic rings. The summed E-state index contributed by atoms with van der Waals surface area (Å²) in [4.78, 5) is 13.7. The molecule has 0 amide bonds. The van der Waals surface area contributed by atoms with Crippen LogP contribution in [-0.2, 0) is 6.54 Å². The summed E-state index contributed by atoms with van der Waals surface area (Å²) in [5, 5.41) is 15.4. The Bertz CT molecular complexity index is 1750. The third kappa shape index (κ3) is 4.32. The van der Waals surface area contributed by atoms with E-state index < -0.39 is 0 Å². The second-order valence-corrected chi connectivity index (χ2v) is 8.81. The number of hydrogen-bond acceptors (Lipinski definition) is 5. The molecular weight excluding hydrogens is 481 g/mol. The van der Waals surface area contributed by atoms with Crippen molar-refractivity contribution in [2.24, 2.45) is 5.10 Å². The largest absolute Gasteiger partial charge is 0.342 e. The van der Waals surface area contributed by atoms with Crippen molar-refractivity contribution in [3.8, 4) is 22.6 Å². The van der Waals surface area contributed by atoms with Gasteiger partial charge in [0, 0.05) is 44.2 Å². The monoisotopic (exact) mass is 509 g/mol. The highest BCUT2D eigenvalue weighted by Crippen LogP contribution is 2.24. The van der Waals surface area contributed by atoms with Crippen LogP contribution in [0.15, 0.2) is 83.1 Å². The Morgan fingerprint density at radius 2 is 1.92 bits per heavy atom. The third-order valence-corrected chi connectivity index (χ3v) is 6.55. The van der Waals surface area contributed by atoms with Crippen LogP contribution in [0.2, 0.25) is 0 Å². The molecule has 192 valence electrons. The van der Waals surface area contributed by atoms with Crippen molar-refractivity contribution in [2.45, 2.75) is 26.8 Å². The van der Waals surface area contributed by atoms with E-state index in [1.54, 1.807) is 42.1 Å². The van der Waals surface area contributed by atoms with Crippen LogP contribution in [0, 0.1) is 0 Å². The lowest BCUT2D eigenvalue weighted by Crippen LogP contribution is -2.39. The lowest BCUT2D eigenvalue weighted by molar-refractivity contribution is 0.696. The highest BCUT2D eigenvalue weighted by Gasteiger charge is 2.23. The molecule has 0 fully saturated rings. The summed E-state index contributed by atoms with van der Waals surface area (Å²) >= 11 is 0. The van der Waals surface area contributed by atoms with Gasteiger partial charge in [0.05, 0.1) is 27.8 Å². The maximum atomic E-state index is 15.5. The van der Waals surface area contributed by atoms with Crippen LogP contribution in [0.4, 0.5) is 10.1 Å². The number of hydrazone groups is 1. The van der Waals surface area contributed by atoms with Crippen molar-refractivity contribution in [1.29, 1.82) is 0 Å². The quantitative estimate of drug-likeness (QED) is 0.248. The molecule has 0 saturated carbocycles. The maximum Gasteiger partial charge on any atom is 0.282 e. The van der Waals surface area contributed by atoms with E-state index in [4.69, 9.17) is 0 Å². The van der Waals surface area contributed by atoms with Crippen molar-refractivity contribution in [3.63, 3.8) is 0 Å². The van der Waals surface area contributed by atoms with E-state index >= 15 is 4.39 Å². The van der Waals surface area contributed by atoms with Crippen molar-refractivity contribution in [1.82, 2.24) is 24.1 Å². The molecular formula is C29H28FN7O. The van der Waals surface area contributed by atoms with E-state index in [-0.39, 0.29) is 17.8 Å². The van der Waals surface area contributed by atoms with Gasteiger partial charge in [0.15, 0.2) is 0 Å². The first-order valence-electron chi connectivity index (χ1n) is 12.3. The van der Waals surface area contributed by atoms with Gasteiger partial charge in [0.25, 0.3) is 5.56 Å². The second-order valence-electron chi connectivity index (χ2n) is 8.81. The molecule has 9 heteroatoms. The summed E-state index contributed by atoms with van der Waals surface area (Å²) in [7, 11) is 1.74. The standard InChI is InChI=1S/C29H28FN7O/c1-5-23(30)27-24(6-2)35(18-20-12-14-21(15-13-20)36-17-9-16-32-36)19-22-28(27)33-37(29(22)38)26-11-8-7-10-25(26)34(4)31-3/h6-17,19H,3,5,18H2,1-2,4H3/b24-6+,27-23-. The Hall–Kier alpha value is -4.79. The van der Waals surface area contributed by atoms with Crippen molar-refractivity contribution in [3.05, 3.63) is 99.7 Å². The lowest BCUT2D eigenvalue weighted by Gasteiger charge is -2.15. The fraction of sp³-hybridized carbons (Fsp3) is 0.172. The molecule has 8 nitrogen and oxygen atoms in total. The minimum absolute atomic E-state index is 0.180. The summed E-state index contributed by atoms with van der Waals surface area (Å²) in [6.07, 6.45) is 7.41. The average Bonchev–Trinajstić information content (AvgIpc) is 3.60. The normalized spacial score (nSPS) is 12.7. The summed E-state index contributed by atoms with van der Waals surface area (Å²) in [6.45, 7) is 7.64. The zero-order valence-electron chi connectivity index (χ0n) is 21.5. The number of para-hydroxylation sites is 2. The molecule has 0 aliphatic carbocycles. The highest BCUT2D eigenvalue weighted by atomic mass is 19.1. The van der Waals surface area contributed by atoms with E-state index in [1.165, 1.54) is 4.68 Å². The number of fused-ring (bicyclic) bond motifs is 1. The van der Waals surface area contributed by atoms with E-state index in [2.05, 4.69) is 22.0 Å². The number of anilines is 1. The summed E-state index contributed by atoms with van der Waals surface area (Å²) in [5.41, 5.74) is 3.47. The lowest BCUT2D eigenvalue weighted by atomic mass is 10.1. The van der Waals surface area contributed by atoms with Crippen molar-refractivity contribution < 1.29 is 4.39 Å². The molecule has 1 aromatic heterocycles. The Balaban J connectivity index is 1.71. The molecule has 2 aromatic carbocycles. The van der Waals surface area contributed by atoms with E-state index in [9.17, 15) is 4.79 Å². The number of rotatable bonds is 7. The molecule has 0 N–H and O–H groups in total. The van der Waals surface area contributed by atoms with Gasteiger partial charge in [-0.1, -0.05) is 37.3 Å². The van der Waals surface area contributed by atoms with Gasteiger partial charge in [-0.3, -0.25) is 9.80 Å². The Labute approximate surface area is 219 Å². The number of aromatic nitrogens is 5. The zero-order valence-corrected chi connectivity index (χ0v) is 21.5. The predicted octanol–water partition coefficient (Wildman–Crippen LogP) is 3.71. The van der Waals surface area contributed by atoms with Crippen LogP contribution in [0.25, 0.3) is 34.5 Å². The van der Waals surface area contributed by atoms with Gasteiger partial charge < -0.3 is 4.57 Å². The summed E-state index contributed by atoms with van der Waals surface area (Å²) in [5.74, 6) is -0.325. The number of benzene rings is 2. The van der Waals surface area contributed by atoms with Crippen LogP contribution in [0.3, 0.4) is 0 Å². The van der Waals surface area contributed by atoms with Crippen LogP contribution >= 0.6 is 0 Å². The Morgan fingerprint density at radius 3 is 2.58 bits per heavy atom. The van der Waals surface area contributed by atoms with Gasteiger partial charge in [-0.05, 0) is 49.2 Å². The van der Waals surface area contributed by atoms with Crippen LogP contribution in [0.5, 0.6) is 0 Å². The molecule has 2 aliphatic rings. The first-order chi connectivity index (χ1) is 18.5. The zero-order chi connectivity index (χ0) is 26.8. The number of halogens is 1. The molecule has 2 aliphatic heterocycles. The number of hydrogen-bond donors (Lipinski definition) is 0. The number of nitrogens with zero attached hydrogens (tertiary/aromatic N) is 7. The first-order valence-corrected chi connectivity index (χ1v) is 12.3. The van der Waals surface area contributed by atoms with E-state index in [1.807, 2.05) is 72.3 Å². The van der Waals surface area contributed by atoms with Gasteiger partial charge in [-0.2, -0.15) is 20.0 Å². The fourth-order valence-electron chi connectivity index (χ4n) is 4.62. The van der Waals surface area contributed by atoms with Gasteiger partial charge in [0.1, 0.15) is 11.5 Å². The fourth-order valence-corrected chi connectivity index (χ4v) is 4.62. The molecule has 0 spiro atoms. The Kier molecular flexibility index (Phi) is 6.74. The maximum absolute atomic E-state index is 15.5. The van der Waals surface area contributed by atoms with Gasteiger partial charge in [-0.15, -0.1) is 0 Å². The highest BCUT2D eigenvalue weighted by molar-refractivity contribution is 5.67. The van der Waals surface area contributed by atoms with Gasteiger partial charge in [0.2, 0.25) is 0 Å². The summed E-state index contributed by atoms with van der Waals surface area (Å²) < 4.78 is 20.5. The van der Waals surface area contributed by atoms with Crippen LogP contribution in [0.1, 0.15) is 25.8 Å². The summed E-state index contributed by atoms with van der Waals surface area (Å²) in [6, 6.07) is 17.1. The molecule has 0 bridgehead atoms. The topological polar surface area (TPSA) is 73.2 Å². The average molecular weight is 510 g/mol. The predicted molar refractivity (Wildman–Crippen MR) is 149 cm³/mol. The Morgan fingerprint density at radius 1 is 1.16 bits per heavy atom. The molecule has 3 heterocycles. The molecule has 5 rings (SSSR count). The molecule has 0 unspecified atom stereocenters. The van der Waals surface area contributed by atoms with E-state index in [0.717, 1.165) is 11.3 Å². The first kappa shape index (κ1) is 24.9. The van der Waals surface area contributed by atoms with Crippen LogP contribution < -0.4 is 21.1 Å². The second kappa shape index (κ2) is 10.3. The SMILES string of the molecule is C=NN(C)c1ccccc1-n1nc2c(=C(\F)CC)/c(=C\C)n(Cc3ccc(-n4cccn4)cc3)cc-2c1=O. The number of pyridine rings is 1. The smallest absolute Gasteiger partial charge is 0.282 e. The molecule has 38 heavy (non-hydrogen) atoms. The molecule has 0 radical (unpaired) electrons. The van der Waals surface area contributed by atoms with Gasteiger partial charge in [-0.25, -0.2) is 9.07 Å². The third-order valence-electron chi connectivity index (χ3n) is 6.55. The van der Waals surface area contributed by atoms with Crippen molar-refractivity contribution in [2.75, 3.05) is 12.1 Å². The molecule has 0 atom stereocenters. The molecule has 0 saturated heterocycles.